The molecule has 0 fully saturated rings. The highest BCUT2D eigenvalue weighted by Crippen LogP contribution is 2.27. The SMILES string of the molecule is CNC(c1ccc(C)cc1C)C(C)CCOC. The third-order valence-corrected chi connectivity index (χ3v) is 3.42. The Morgan fingerprint density at radius 3 is 2.53 bits per heavy atom. The zero-order valence-electron chi connectivity index (χ0n) is 11.7. The monoisotopic (exact) mass is 235 g/mol. The lowest BCUT2D eigenvalue weighted by Crippen LogP contribution is -2.25. The molecular formula is C15H25NO. The number of hydrogen-bond donors (Lipinski definition) is 1. The maximum absolute atomic E-state index is 5.16. The standard InChI is InChI=1S/C15H25NO/c1-11-6-7-14(13(3)10-11)15(16-4)12(2)8-9-17-5/h6-7,10,12,15-16H,8-9H2,1-5H3. The summed E-state index contributed by atoms with van der Waals surface area (Å²) in [5.74, 6) is 0.571. The minimum absolute atomic E-state index is 0.408. The Kier molecular flexibility index (Phi) is 5.66. The van der Waals surface area contributed by atoms with Gasteiger partial charge in [0.1, 0.15) is 0 Å². The second kappa shape index (κ2) is 6.77. The molecule has 0 saturated carbocycles. The van der Waals surface area contributed by atoms with Crippen molar-refractivity contribution in [1.29, 1.82) is 0 Å². The molecular weight excluding hydrogens is 210 g/mol. The molecule has 0 radical (unpaired) electrons. The summed E-state index contributed by atoms with van der Waals surface area (Å²) in [4.78, 5) is 0. The number of aryl methyl sites for hydroxylation is 2. The van der Waals surface area contributed by atoms with Crippen LogP contribution >= 0.6 is 0 Å². The predicted molar refractivity (Wildman–Crippen MR) is 73.4 cm³/mol. The Hall–Kier alpha value is -0.860. The summed E-state index contributed by atoms with van der Waals surface area (Å²) in [6, 6.07) is 7.10. The first-order valence-electron chi connectivity index (χ1n) is 6.33. The molecule has 2 atom stereocenters. The summed E-state index contributed by atoms with van der Waals surface area (Å²) < 4.78 is 5.16. The minimum atomic E-state index is 0.408. The van der Waals surface area contributed by atoms with Crippen LogP contribution in [-0.4, -0.2) is 20.8 Å². The Labute approximate surface area is 105 Å². The molecule has 1 aromatic rings. The fourth-order valence-electron chi connectivity index (χ4n) is 2.39. The van der Waals surface area contributed by atoms with Crippen molar-refractivity contribution in [2.75, 3.05) is 20.8 Å². The first-order chi connectivity index (χ1) is 8.10. The van der Waals surface area contributed by atoms with E-state index in [-0.39, 0.29) is 0 Å². The van der Waals surface area contributed by atoms with Crippen molar-refractivity contribution < 1.29 is 4.74 Å². The first kappa shape index (κ1) is 14.2. The van der Waals surface area contributed by atoms with Crippen molar-refractivity contribution in [2.45, 2.75) is 33.2 Å². The molecule has 0 spiro atoms. The summed E-state index contributed by atoms with van der Waals surface area (Å²) in [6.45, 7) is 7.43. The number of rotatable bonds is 6. The van der Waals surface area contributed by atoms with Crippen LogP contribution in [0.15, 0.2) is 18.2 Å². The average Bonchev–Trinajstić information content (AvgIpc) is 2.30. The van der Waals surface area contributed by atoms with Gasteiger partial charge in [-0.05, 0) is 44.4 Å². The van der Waals surface area contributed by atoms with Gasteiger partial charge in [0.15, 0.2) is 0 Å². The summed E-state index contributed by atoms with van der Waals surface area (Å²) in [7, 11) is 3.80. The van der Waals surface area contributed by atoms with Crippen molar-refractivity contribution in [3.05, 3.63) is 34.9 Å². The number of hydrogen-bond acceptors (Lipinski definition) is 2. The molecule has 0 heterocycles. The quantitative estimate of drug-likeness (QED) is 0.817. The van der Waals surface area contributed by atoms with Gasteiger partial charge in [0.05, 0.1) is 0 Å². The Balaban J connectivity index is 2.85. The van der Waals surface area contributed by atoms with Crippen LogP contribution in [0.3, 0.4) is 0 Å². The molecule has 0 bridgehead atoms. The lowest BCUT2D eigenvalue weighted by atomic mass is 9.89. The van der Waals surface area contributed by atoms with E-state index in [0.29, 0.717) is 12.0 Å². The van der Waals surface area contributed by atoms with Crippen LogP contribution in [-0.2, 0) is 4.74 Å². The number of ether oxygens (including phenoxy) is 1. The van der Waals surface area contributed by atoms with E-state index in [2.05, 4.69) is 44.3 Å². The highest BCUT2D eigenvalue weighted by molar-refractivity contribution is 5.33. The number of methoxy groups -OCH3 is 1. The van der Waals surface area contributed by atoms with E-state index in [4.69, 9.17) is 4.74 Å². The summed E-state index contributed by atoms with van der Waals surface area (Å²) >= 11 is 0. The van der Waals surface area contributed by atoms with Crippen molar-refractivity contribution in [2.24, 2.45) is 5.92 Å². The smallest absolute Gasteiger partial charge is 0.0465 e. The molecule has 0 aromatic heterocycles. The van der Waals surface area contributed by atoms with Crippen LogP contribution in [0.1, 0.15) is 36.1 Å². The van der Waals surface area contributed by atoms with Gasteiger partial charge in [0, 0.05) is 19.8 Å². The van der Waals surface area contributed by atoms with Crippen molar-refractivity contribution >= 4 is 0 Å². The minimum Gasteiger partial charge on any atom is -0.385 e. The second-order valence-corrected chi connectivity index (χ2v) is 4.89. The zero-order valence-corrected chi connectivity index (χ0v) is 11.7. The van der Waals surface area contributed by atoms with Crippen LogP contribution < -0.4 is 5.32 Å². The van der Waals surface area contributed by atoms with Crippen molar-refractivity contribution in [1.82, 2.24) is 5.32 Å². The molecule has 0 aliphatic rings. The van der Waals surface area contributed by atoms with E-state index in [1.807, 2.05) is 7.05 Å². The van der Waals surface area contributed by atoms with Gasteiger partial charge in [-0.25, -0.2) is 0 Å². The zero-order chi connectivity index (χ0) is 12.8. The maximum atomic E-state index is 5.16. The van der Waals surface area contributed by atoms with Crippen LogP contribution in [0.25, 0.3) is 0 Å². The van der Waals surface area contributed by atoms with Crippen molar-refractivity contribution in [3.8, 4) is 0 Å². The molecule has 1 rings (SSSR count). The Morgan fingerprint density at radius 1 is 1.29 bits per heavy atom. The van der Waals surface area contributed by atoms with Crippen LogP contribution in [0.2, 0.25) is 0 Å². The molecule has 0 aliphatic carbocycles. The molecule has 0 amide bonds. The van der Waals surface area contributed by atoms with Gasteiger partial charge in [-0.3, -0.25) is 0 Å². The third-order valence-electron chi connectivity index (χ3n) is 3.42. The molecule has 0 aliphatic heterocycles. The summed E-state index contributed by atoms with van der Waals surface area (Å²) in [6.07, 6.45) is 1.08. The number of nitrogens with one attached hydrogen (secondary N) is 1. The highest BCUT2D eigenvalue weighted by Gasteiger charge is 2.18. The molecule has 2 nitrogen and oxygen atoms in total. The fraction of sp³-hybridized carbons (Fsp3) is 0.600. The van der Waals surface area contributed by atoms with E-state index in [1.165, 1.54) is 16.7 Å². The summed E-state index contributed by atoms with van der Waals surface area (Å²) in [5.41, 5.74) is 4.10. The van der Waals surface area contributed by atoms with E-state index in [9.17, 15) is 0 Å². The van der Waals surface area contributed by atoms with Gasteiger partial charge < -0.3 is 10.1 Å². The Bertz CT molecular complexity index is 349. The van der Waals surface area contributed by atoms with Crippen molar-refractivity contribution in [3.63, 3.8) is 0 Å². The van der Waals surface area contributed by atoms with Gasteiger partial charge in [-0.15, -0.1) is 0 Å². The predicted octanol–water partition coefficient (Wildman–Crippen LogP) is 3.24. The topological polar surface area (TPSA) is 21.3 Å². The molecule has 1 N–H and O–H groups in total. The molecule has 2 heteroatoms. The van der Waals surface area contributed by atoms with Gasteiger partial charge in [-0.1, -0.05) is 30.7 Å². The molecule has 2 unspecified atom stereocenters. The molecule has 17 heavy (non-hydrogen) atoms. The van der Waals surface area contributed by atoms with E-state index in [0.717, 1.165) is 13.0 Å². The summed E-state index contributed by atoms with van der Waals surface area (Å²) in [5, 5.41) is 3.43. The highest BCUT2D eigenvalue weighted by atomic mass is 16.5. The number of benzene rings is 1. The lowest BCUT2D eigenvalue weighted by molar-refractivity contribution is 0.171. The van der Waals surface area contributed by atoms with E-state index in [1.54, 1.807) is 7.11 Å². The largest absolute Gasteiger partial charge is 0.385 e. The third kappa shape index (κ3) is 3.83. The maximum Gasteiger partial charge on any atom is 0.0465 e. The molecule has 1 aromatic carbocycles. The first-order valence-corrected chi connectivity index (χ1v) is 6.33. The fourth-order valence-corrected chi connectivity index (χ4v) is 2.39. The second-order valence-electron chi connectivity index (χ2n) is 4.89. The van der Waals surface area contributed by atoms with Crippen LogP contribution in [0.4, 0.5) is 0 Å². The molecule has 0 saturated heterocycles. The Morgan fingerprint density at radius 2 is 2.00 bits per heavy atom. The van der Waals surface area contributed by atoms with Gasteiger partial charge >= 0.3 is 0 Å². The average molecular weight is 235 g/mol. The molecule has 96 valence electrons. The van der Waals surface area contributed by atoms with E-state index >= 15 is 0 Å². The van der Waals surface area contributed by atoms with Gasteiger partial charge in [0.2, 0.25) is 0 Å². The van der Waals surface area contributed by atoms with Crippen LogP contribution in [0, 0.1) is 19.8 Å². The van der Waals surface area contributed by atoms with Crippen LogP contribution in [0.5, 0.6) is 0 Å². The van der Waals surface area contributed by atoms with E-state index < -0.39 is 0 Å². The lowest BCUT2D eigenvalue weighted by Gasteiger charge is -2.25. The van der Waals surface area contributed by atoms with Gasteiger partial charge in [0.25, 0.3) is 0 Å². The normalized spacial score (nSPS) is 14.6. The van der Waals surface area contributed by atoms with Gasteiger partial charge in [-0.2, -0.15) is 0 Å².